The molecule has 0 aliphatic rings. The Morgan fingerprint density at radius 3 is 2.30 bits per heavy atom. The van der Waals surface area contributed by atoms with Crippen molar-refractivity contribution in [1.29, 1.82) is 0 Å². The van der Waals surface area contributed by atoms with Crippen LogP contribution in [0.3, 0.4) is 0 Å². The number of rotatable bonds is 7. The number of nitrogens with zero attached hydrogens (tertiary/aromatic N) is 2. The van der Waals surface area contributed by atoms with Gasteiger partial charge in [-0.25, -0.2) is 17.8 Å². The summed E-state index contributed by atoms with van der Waals surface area (Å²) in [6.45, 7) is 2.12. The molecule has 4 nitrogen and oxygen atoms in total. The van der Waals surface area contributed by atoms with Gasteiger partial charge < -0.3 is 0 Å². The van der Waals surface area contributed by atoms with E-state index >= 15 is 0 Å². The molecule has 7 heteroatoms. The lowest BCUT2D eigenvalue weighted by Crippen LogP contribution is -2.30. The van der Waals surface area contributed by atoms with Crippen LogP contribution < -0.4 is 4.31 Å². The molecule has 0 aliphatic heterocycles. The molecule has 0 saturated heterocycles. The van der Waals surface area contributed by atoms with Gasteiger partial charge in [0.1, 0.15) is 10.7 Å². The van der Waals surface area contributed by atoms with Crippen LogP contribution in [-0.4, -0.2) is 19.9 Å². The van der Waals surface area contributed by atoms with Crippen molar-refractivity contribution in [3.8, 4) is 0 Å². The zero-order chi connectivity index (χ0) is 19.3. The second-order valence-electron chi connectivity index (χ2n) is 5.75. The number of pyridine rings is 1. The van der Waals surface area contributed by atoms with E-state index in [1.165, 1.54) is 34.4 Å². The first-order valence-electron chi connectivity index (χ1n) is 8.42. The van der Waals surface area contributed by atoms with Crippen molar-refractivity contribution in [3.05, 3.63) is 84.3 Å². The van der Waals surface area contributed by atoms with Crippen LogP contribution in [-0.2, 0) is 15.8 Å². The van der Waals surface area contributed by atoms with E-state index in [4.69, 9.17) is 0 Å². The number of para-hydroxylation sites is 1. The average Bonchev–Trinajstić information content (AvgIpc) is 2.69. The number of benzene rings is 2. The number of hydrogen-bond donors (Lipinski definition) is 0. The normalized spacial score (nSPS) is 11.3. The highest BCUT2D eigenvalue weighted by Crippen LogP contribution is 2.25. The van der Waals surface area contributed by atoms with Crippen molar-refractivity contribution in [2.75, 3.05) is 10.8 Å². The molecular formula is C20H19FN2O2S2. The van der Waals surface area contributed by atoms with Crippen LogP contribution in [0.4, 0.5) is 10.1 Å². The Balaban J connectivity index is 1.74. The second kappa shape index (κ2) is 8.54. The molecule has 2 aromatic carbocycles. The molecule has 0 N–H and O–H groups in total. The first-order chi connectivity index (χ1) is 13.0. The number of halogens is 1. The summed E-state index contributed by atoms with van der Waals surface area (Å²) < 4.78 is 40.2. The van der Waals surface area contributed by atoms with Crippen molar-refractivity contribution >= 4 is 27.5 Å². The third kappa shape index (κ3) is 4.67. The summed E-state index contributed by atoms with van der Waals surface area (Å²) in [7, 11) is -3.67. The van der Waals surface area contributed by atoms with Crippen molar-refractivity contribution in [2.45, 2.75) is 22.6 Å². The molecule has 0 radical (unpaired) electrons. The standard InChI is InChI=1S/C20H19FN2O2S2/c1-2-23(18-6-4-3-5-7-18)27(24,25)19-12-13-20(22-14-19)26-15-16-8-10-17(21)11-9-16/h3-14H,2,15H2,1H3. The maximum absolute atomic E-state index is 12.9. The molecule has 0 spiro atoms. The van der Waals surface area contributed by atoms with E-state index in [1.807, 2.05) is 6.07 Å². The van der Waals surface area contributed by atoms with Gasteiger partial charge in [0.15, 0.2) is 0 Å². The van der Waals surface area contributed by atoms with Gasteiger partial charge in [-0.1, -0.05) is 30.3 Å². The van der Waals surface area contributed by atoms with Crippen LogP contribution in [0, 0.1) is 5.82 Å². The Labute approximate surface area is 163 Å². The molecule has 0 aliphatic carbocycles. The Hall–Kier alpha value is -2.38. The van der Waals surface area contributed by atoms with Gasteiger partial charge in [0.2, 0.25) is 0 Å². The van der Waals surface area contributed by atoms with Gasteiger partial charge in [0, 0.05) is 18.5 Å². The third-order valence-electron chi connectivity index (χ3n) is 3.93. The molecule has 1 aromatic heterocycles. The van der Waals surface area contributed by atoms with Crippen LogP contribution >= 0.6 is 11.8 Å². The predicted molar refractivity (Wildman–Crippen MR) is 107 cm³/mol. The highest BCUT2D eigenvalue weighted by atomic mass is 32.2. The smallest absolute Gasteiger partial charge is 0.265 e. The average molecular weight is 403 g/mol. The largest absolute Gasteiger partial charge is 0.267 e. The maximum atomic E-state index is 12.9. The van der Waals surface area contributed by atoms with Crippen LogP contribution in [0.25, 0.3) is 0 Å². The minimum Gasteiger partial charge on any atom is -0.267 e. The first kappa shape index (κ1) is 19.4. The van der Waals surface area contributed by atoms with Gasteiger partial charge in [-0.15, -0.1) is 11.8 Å². The number of anilines is 1. The lowest BCUT2D eigenvalue weighted by Gasteiger charge is -2.22. The Bertz CT molecular complexity index is 977. The van der Waals surface area contributed by atoms with E-state index in [1.54, 1.807) is 55.5 Å². The zero-order valence-electron chi connectivity index (χ0n) is 14.7. The molecule has 0 bridgehead atoms. The summed E-state index contributed by atoms with van der Waals surface area (Å²) in [5.41, 5.74) is 1.59. The van der Waals surface area contributed by atoms with E-state index in [9.17, 15) is 12.8 Å². The Morgan fingerprint density at radius 2 is 1.70 bits per heavy atom. The van der Waals surface area contributed by atoms with E-state index in [0.717, 1.165) is 5.56 Å². The van der Waals surface area contributed by atoms with E-state index in [-0.39, 0.29) is 10.7 Å². The highest BCUT2D eigenvalue weighted by molar-refractivity contribution is 7.98. The van der Waals surface area contributed by atoms with Crippen molar-refractivity contribution in [2.24, 2.45) is 0 Å². The summed E-state index contributed by atoms with van der Waals surface area (Å²) in [4.78, 5) is 4.42. The van der Waals surface area contributed by atoms with Gasteiger partial charge in [-0.2, -0.15) is 0 Å². The van der Waals surface area contributed by atoms with E-state index < -0.39 is 10.0 Å². The van der Waals surface area contributed by atoms with Gasteiger partial charge in [-0.3, -0.25) is 4.31 Å². The monoisotopic (exact) mass is 402 g/mol. The van der Waals surface area contributed by atoms with Gasteiger partial charge >= 0.3 is 0 Å². The van der Waals surface area contributed by atoms with Crippen LogP contribution in [0.15, 0.2) is 82.8 Å². The van der Waals surface area contributed by atoms with Crippen LogP contribution in [0.5, 0.6) is 0 Å². The van der Waals surface area contributed by atoms with Crippen molar-refractivity contribution < 1.29 is 12.8 Å². The Morgan fingerprint density at radius 1 is 1.00 bits per heavy atom. The zero-order valence-corrected chi connectivity index (χ0v) is 16.4. The maximum Gasteiger partial charge on any atom is 0.265 e. The molecule has 3 rings (SSSR count). The minimum atomic E-state index is -3.67. The minimum absolute atomic E-state index is 0.152. The fourth-order valence-electron chi connectivity index (χ4n) is 2.56. The molecule has 0 atom stereocenters. The number of thioether (sulfide) groups is 1. The topological polar surface area (TPSA) is 50.3 Å². The number of sulfonamides is 1. The van der Waals surface area contributed by atoms with Gasteiger partial charge in [-0.05, 0) is 48.9 Å². The van der Waals surface area contributed by atoms with Crippen molar-refractivity contribution in [3.63, 3.8) is 0 Å². The molecule has 0 amide bonds. The quantitative estimate of drug-likeness (QED) is 0.536. The molecule has 1 heterocycles. The van der Waals surface area contributed by atoms with Gasteiger partial charge in [0.25, 0.3) is 10.0 Å². The van der Waals surface area contributed by atoms with Crippen LogP contribution in [0.1, 0.15) is 12.5 Å². The lowest BCUT2D eigenvalue weighted by molar-refractivity contribution is 0.591. The summed E-state index contributed by atoms with van der Waals surface area (Å²) in [5, 5.41) is 0.709. The lowest BCUT2D eigenvalue weighted by atomic mass is 10.2. The van der Waals surface area contributed by atoms with Crippen molar-refractivity contribution in [1.82, 2.24) is 4.98 Å². The fraction of sp³-hybridized carbons (Fsp3) is 0.150. The molecular weight excluding hydrogens is 383 g/mol. The second-order valence-corrected chi connectivity index (χ2v) is 8.61. The summed E-state index contributed by atoms with van der Waals surface area (Å²) >= 11 is 1.47. The summed E-state index contributed by atoms with van der Waals surface area (Å²) in [6, 6.07) is 18.5. The van der Waals surface area contributed by atoms with E-state index in [0.29, 0.717) is 23.0 Å². The number of hydrogen-bond acceptors (Lipinski definition) is 4. The molecule has 140 valence electrons. The predicted octanol–water partition coefficient (Wildman–Crippen LogP) is 4.73. The third-order valence-corrected chi connectivity index (χ3v) is 6.83. The molecule has 0 fully saturated rings. The Kier molecular flexibility index (Phi) is 6.13. The molecule has 27 heavy (non-hydrogen) atoms. The fourth-order valence-corrected chi connectivity index (χ4v) is 4.77. The number of aromatic nitrogens is 1. The summed E-state index contributed by atoms with van der Waals surface area (Å²) in [5.74, 6) is 0.361. The molecule has 0 saturated carbocycles. The van der Waals surface area contributed by atoms with Crippen LogP contribution in [0.2, 0.25) is 0 Å². The SMILES string of the molecule is CCN(c1ccccc1)S(=O)(=O)c1ccc(SCc2ccc(F)cc2)nc1. The van der Waals surface area contributed by atoms with Gasteiger partial charge in [0.05, 0.1) is 10.7 Å². The first-order valence-corrected chi connectivity index (χ1v) is 10.8. The van der Waals surface area contributed by atoms with E-state index in [2.05, 4.69) is 4.98 Å². The summed E-state index contributed by atoms with van der Waals surface area (Å²) in [6.07, 6.45) is 1.38. The highest BCUT2D eigenvalue weighted by Gasteiger charge is 2.23. The molecule has 0 unspecified atom stereocenters. The molecule has 3 aromatic rings.